The second-order valence-electron chi connectivity index (χ2n) is 3.08. The zero-order valence-corrected chi connectivity index (χ0v) is 11.6. The van der Waals surface area contributed by atoms with Crippen LogP contribution in [0.5, 0.6) is 0 Å². The minimum absolute atomic E-state index is 0.222. The smallest absolute Gasteiger partial charge is 0.310 e. The maximum atomic E-state index is 10.2. The first kappa shape index (κ1) is 21.6. The molecule has 0 unspecified atom stereocenters. The molecule has 18 heavy (non-hydrogen) atoms. The van der Waals surface area contributed by atoms with Gasteiger partial charge in [0.2, 0.25) is 0 Å². The highest BCUT2D eigenvalue weighted by atomic mass is 16.6. The van der Waals surface area contributed by atoms with Gasteiger partial charge in [-0.3, -0.25) is 19.2 Å². The molecule has 0 saturated carbocycles. The molecule has 0 aliphatic rings. The van der Waals surface area contributed by atoms with E-state index >= 15 is 0 Å². The van der Waals surface area contributed by atoms with Crippen LogP contribution in [0.1, 0.15) is 53.9 Å². The van der Waals surface area contributed by atoms with E-state index in [-0.39, 0.29) is 6.42 Å². The molecule has 0 fully saturated rings. The summed E-state index contributed by atoms with van der Waals surface area (Å²) in [5, 5.41) is 7.72. The molecule has 6 heteroatoms. The largest absolute Gasteiger partial charge is 0.481 e. The van der Waals surface area contributed by atoms with Gasteiger partial charge in [-0.25, -0.2) is 0 Å². The monoisotopic (exact) mass is 262 g/mol. The fourth-order valence-electron chi connectivity index (χ4n) is 0.452. The van der Waals surface area contributed by atoms with E-state index in [0.29, 0.717) is 18.6 Å². The molecular formula is C12H22O6. The van der Waals surface area contributed by atoms with Crippen LogP contribution in [0, 0.1) is 0 Å². The van der Waals surface area contributed by atoms with Gasteiger partial charge in [0.1, 0.15) is 5.78 Å². The summed E-state index contributed by atoms with van der Waals surface area (Å²) >= 11 is 0. The number of carboxylic acids is 1. The Labute approximate surface area is 107 Å². The maximum absolute atomic E-state index is 10.2. The summed E-state index contributed by atoms with van der Waals surface area (Å²) in [5.74, 6) is -1.53. The molecule has 0 saturated heterocycles. The Bertz CT molecular complexity index is 252. The third-order valence-corrected chi connectivity index (χ3v) is 1.38. The number of esters is 2. The average Bonchev–Trinajstić information content (AvgIpc) is 2.27. The van der Waals surface area contributed by atoms with Gasteiger partial charge in [-0.15, -0.1) is 0 Å². The Morgan fingerprint density at radius 1 is 0.833 bits per heavy atom. The Hall–Kier alpha value is -1.72. The number of aliphatic carboxylic acids is 1. The number of Topliss-reactive ketones (excluding diaryl/α,β-unsaturated/α-hetero) is 1. The number of carbonyl (C=O) groups is 4. The van der Waals surface area contributed by atoms with Crippen molar-refractivity contribution >= 4 is 23.7 Å². The first-order chi connectivity index (χ1) is 8.20. The number of hydrogen-bond donors (Lipinski definition) is 1. The van der Waals surface area contributed by atoms with Crippen LogP contribution < -0.4 is 0 Å². The molecule has 0 aliphatic heterocycles. The molecule has 0 atom stereocenters. The first-order valence-corrected chi connectivity index (χ1v) is 5.63. The lowest BCUT2D eigenvalue weighted by atomic mass is 10.3. The number of hydrogen-bond acceptors (Lipinski definition) is 5. The van der Waals surface area contributed by atoms with Gasteiger partial charge in [-0.1, -0.05) is 20.8 Å². The summed E-state index contributed by atoms with van der Waals surface area (Å²) in [6, 6.07) is 0. The van der Waals surface area contributed by atoms with E-state index in [1.54, 1.807) is 6.92 Å². The summed E-state index contributed by atoms with van der Waals surface area (Å²) in [6.07, 6.45) is 1.60. The predicted molar refractivity (Wildman–Crippen MR) is 66.0 cm³/mol. The topological polar surface area (TPSA) is 97.7 Å². The highest BCUT2D eigenvalue weighted by Gasteiger charge is 1.93. The van der Waals surface area contributed by atoms with E-state index in [9.17, 15) is 19.2 Å². The van der Waals surface area contributed by atoms with Crippen molar-refractivity contribution in [1.29, 1.82) is 0 Å². The number of ketones is 1. The van der Waals surface area contributed by atoms with Crippen molar-refractivity contribution < 1.29 is 29.0 Å². The molecular weight excluding hydrogens is 240 g/mol. The van der Waals surface area contributed by atoms with Crippen LogP contribution in [-0.2, 0) is 23.9 Å². The van der Waals surface area contributed by atoms with Gasteiger partial charge >= 0.3 is 17.9 Å². The SMILES string of the molecule is CC(=O)OC(C)=O.CCC(=O)CC.CCC(=O)O. The fraction of sp³-hybridized carbons (Fsp3) is 0.667. The molecule has 0 aliphatic carbocycles. The van der Waals surface area contributed by atoms with Crippen LogP contribution in [0.25, 0.3) is 0 Å². The van der Waals surface area contributed by atoms with E-state index in [1.807, 2.05) is 13.8 Å². The van der Waals surface area contributed by atoms with Gasteiger partial charge in [0.25, 0.3) is 0 Å². The van der Waals surface area contributed by atoms with Crippen LogP contribution in [0.4, 0.5) is 0 Å². The van der Waals surface area contributed by atoms with E-state index in [1.165, 1.54) is 13.8 Å². The summed E-state index contributed by atoms with van der Waals surface area (Å²) in [6.45, 7) is 7.72. The van der Waals surface area contributed by atoms with Crippen LogP contribution >= 0.6 is 0 Å². The van der Waals surface area contributed by atoms with Crippen molar-refractivity contribution in [2.24, 2.45) is 0 Å². The Balaban J connectivity index is -0.000000190. The van der Waals surface area contributed by atoms with Gasteiger partial charge in [0.05, 0.1) is 0 Å². The molecule has 1 N–H and O–H groups in total. The van der Waals surface area contributed by atoms with Crippen LogP contribution in [0.2, 0.25) is 0 Å². The second kappa shape index (κ2) is 15.3. The van der Waals surface area contributed by atoms with Crippen LogP contribution in [0.3, 0.4) is 0 Å². The maximum Gasteiger partial charge on any atom is 0.310 e. The van der Waals surface area contributed by atoms with Gasteiger partial charge in [-0.2, -0.15) is 0 Å². The molecule has 0 radical (unpaired) electrons. The van der Waals surface area contributed by atoms with E-state index in [4.69, 9.17) is 5.11 Å². The molecule has 0 bridgehead atoms. The molecule has 0 aromatic carbocycles. The average molecular weight is 262 g/mol. The molecule has 0 aromatic heterocycles. The van der Waals surface area contributed by atoms with Crippen molar-refractivity contribution in [2.75, 3.05) is 0 Å². The first-order valence-electron chi connectivity index (χ1n) is 5.63. The molecule has 0 spiro atoms. The van der Waals surface area contributed by atoms with Crippen molar-refractivity contribution in [1.82, 2.24) is 0 Å². The van der Waals surface area contributed by atoms with Crippen molar-refractivity contribution in [3.63, 3.8) is 0 Å². The van der Waals surface area contributed by atoms with Crippen molar-refractivity contribution in [2.45, 2.75) is 53.9 Å². The molecule has 0 aromatic rings. The summed E-state index contributed by atoms with van der Waals surface area (Å²) in [7, 11) is 0. The third-order valence-electron chi connectivity index (χ3n) is 1.38. The minimum atomic E-state index is -0.745. The Morgan fingerprint density at radius 2 is 1.11 bits per heavy atom. The van der Waals surface area contributed by atoms with Gasteiger partial charge in [0, 0.05) is 33.1 Å². The lowest BCUT2D eigenvalue weighted by Crippen LogP contribution is -2.03. The van der Waals surface area contributed by atoms with Gasteiger partial charge in [-0.05, 0) is 0 Å². The lowest BCUT2D eigenvalue weighted by molar-refractivity contribution is -0.156. The predicted octanol–water partition coefficient (Wildman–Crippen LogP) is 1.95. The number of rotatable bonds is 3. The van der Waals surface area contributed by atoms with Crippen molar-refractivity contribution in [3.8, 4) is 0 Å². The summed E-state index contributed by atoms with van der Waals surface area (Å²) in [5.41, 5.74) is 0. The summed E-state index contributed by atoms with van der Waals surface area (Å²) < 4.78 is 3.97. The van der Waals surface area contributed by atoms with Crippen LogP contribution in [0.15, 0.2) is 0 Å². The molecule has 0 amide bonds. The third kappa shape index (κ3) is 36.7. The zero-order valence-electron chi connectivity index (χ0n) is 11.6. The molecule has 6 nitrogen and oxygen atoms in total. The van der Waals surface area contributed by atoms with Crippen LogP contribution in [-0.4, -0.2) is 28.8 Å². The lowest BCUT2D eigenvalue weighted by Gasteiger charge is -1.87. The Kier molecular flexibility index (Phi) is 18.3. The molecule has 0 heterocycles. The van der Waals surface area contributed by atoms with E-state index in [2.05, 4.69) is 4.74 Å². The summed E-state index contributed by atoms with van der Waals surface area (Å²) in [4.78, 5) is 39.2. The van der Waals surface area contributed by atoms with Gasteiger partial charge in [0.15, 0.2) is 0 Å². The zero-order chi connectivity index (χ0) is 15.1. The number of carboxylic acid groups (broad SMARTS) is 1. The Morgan fingerprint density at radius 3 is 1.11 bits per heavy atom. The second-order valence-corrected chi connectivity index (χ2v) is 3.08. The van der Waals surface area contributed by atoms with Crippen molar-refractivity contribution in [3.05, 3.63) is 0 Å². The normalized spacial score (nSPS) is 7.83. The number of ether oxygens (including phenoxy) is 1. The molecule has 106 valence electrons. The van der Waals surface area contributed by atoms with E-state index in [0.717, 1.165) is 0 Å². The fourth-order valence-corrected chi connectivity index (χ4v) is 0.452. The van der Waals surface area contributed by atoms with Gasteiger partial charge < -0.3 is 9.84 Å². The quantitative estimate of drug-likeness (QED) is 0.616. The minimum Gasteiger partial charge on any atom is -0.481 e. The van der Waals surface area contributed by atoms with E-state index < -0.39 is 17.9 Å². The highest BCUT2D eigenvalue weighted by Crippen LogP contribution is 1.83. The highest BCUT2D eigenvalue weighted by molar-refractivity contribution is 5.82. The number of carbonyl (C=O) groups excluding carboxylic acids is 3. The molecule has 0 rings (SSSR count). The standard InChI is InChI=1S/C5H10O.C4H6O3.C3H6O2/c1-3-5(6)4-2;1-3(5)7-4(2)6;1-2-3(4)5/h3-4H2,1-2H3;1-2H3;2H2,1H3,(H,4,5).